The van der Waals surface area contributed by atoms with E-state index in [0.29, 0.717) is 22.7 Å². The molecule has 2 unspecified atom stereocenters. The number of alkyl carbamates (subject to hydrolysis) is 1. The first-order valence-corrected chi connectivity index (χ1v) is 13.0. The standard InChI is InChI=1S/C28H37ClN4O6/c1-6-16-33(26(37)20(14-15-22(30)35)31-27(38)39-28(3,4)5)24(18-11-7-8-13-21(18)34)25(36)32-23-17(2)10-9-12-19(23)29/h7-13,20,24,34H,6,14-16H2,1-5H3,(H2,30,35)(H,31,38)(H,32,36). The molecule has 0 bridgehead atoms. The number of aryl methyl sites for hydroxylation is 1. The average Bonchev–Trinajstić information content (AvgIpc) is 2.83. The van der Waals surface area contributed by atoms with Crippen LogP contribution in [0.25, 0.3) is 0 Å². The fourth-order valence-electron chi connectivity index (χ4n) is 3.95. The number of carbonyl (C=O) groups is 4. The number of aromatic hydroxyl groups is 1. The number of carbonyl (C=O) groups excluding carboxylic acids is 4. The molecule has 0 heterocycles. The Kier molecular flexibility index (Phi) is 11.2. The molecule has 2 atom stereocenters. The third-order valence-electron chi connectivity index (χ3n) is 5.68. The summed E-state index contributed by atoms with van der Waals surface area (Å²) in [4.78, 5) is 53.2. The molecule has 212 valence electrons. The van der Waals surface area contributed by atoms with Gasteiger partial charge in [-0.2, -0.15) is 0 Å². The van der Waals surface area contributed by atoms with E-state index in [1.54, 1.807) is 58.0 Å². The van der Waals surface area contributed by atoms with Crippen LogP contribution in [-0.2, 0) is 19.1 Å². The second kappa shape index (κ2) is 13.8. The molecule has 11 heteroatoms. The molecule has 0 spiro atoms. The maximum absolute atomic E-state index is 14.0. The van der Waals surface area contributed by atoms with Gasteiger partial charge in [0.15, 0.2) is 0 Å². The zero-order valence-electron chi connectivity index (χ0n) is 22.9. The number of primary amides is 1. The Bertz CT molecular complexity index is 1180. The van der Waals surface area contributed by atoms with Gasteiger partial charge in [-0.15, -0.1) is 0 Å². The number of ether oxygens (including phenoxy) is 1. The van der Waals surface area contributed by atoms with Crippen LogP contribution in [0.3, 0.4) is 0 Å². The second-order valence-corrected chi connectivity index (χ2v) is 10.5. The summed E-state index contributed by atoms with van der Waals surface area (Å²) < 4.78 is 5.31. The van der Waals surface area contributed by atoms with E-state index in [9.17, 15) is 24.3 Å². The summed E-state index contributed by atoms with van der Waals surface area (Å²) in [6, 6.07) is 8.78. The van der Waals surface area contributed by atoms with Crippen LogP contribution in [0.5, 0.6) is 5.75 Å². The Hall–Kier alpha value is -3.79. The van der Waals surface area contributed by atoms with E-state index >= 15 is 0 Å². The fraction of sp³-hybridized carbons (Fsp3) is 0.429. The highest BCUT2D eigenvalue weighted by Gasteiger charge is 2.37. The molecule has 10 nitrogen and oxygen atoms in total. The van der Waals surface area contributed by atoms with E-state index in [1.807, 2.05) is 6.92 Å². The van der Waals surface area contributed by atoms with Crippen molar-refractivity contribution in [1.29, 1.82) is 0 Å². The van der Waals surface area contributed by atoms with Crippen molar-refractivity contribution < 1.29 is 29.0 Å². The second-order valence-electron chi connectivity index (χ2n) is 10.1. The van der Waals surface area contributed by atoms with Gasteiger partial charge in [-0.25, -0.2) is 4.79 Å². The molecular formula is C28H37ClN4O6. The lowest BCUT2D eigenvalue weighted by atomic mass is 10.00. The Morgan fingerprint density at radius 3 is 2.33 bits per heavy atom. The van der Waals surface area contributed by atoms with Gasteiger partial charge in [0.25, 0.3) is 5.91 Å². The van der Waals surface area contributed by atoms with E-state index in [-0.39, 0.29) is 30.7 Å². The molecule has 0 aliphatic carbocycles. The van der Waals surface area contributed by atoms with Gasteiger partial charge < -0.3 is 31.1 Å². The number of benzene rings is 2. The van der Waals surface area contributed by atoms with Crippen LogP contribution in [0.1, 0.15) is 64.1 Å². The number of hydrogen-bond acceptors (Lipinski definition) is 6. The Morgan fingerprint density at radius 2 is 1.77 bits per heavy atom. The summed E-state index contributed by atoms with van der Waals surface area (Å²) in [6.45, 7) is 8.70. The first-order chi connectivity index (χ1) is 18.2. The number of nitrogens with one attached hydrogen (secondary N) is 2. The molecule has 4 amide bonds. The zero-order chi connectivity index (χ0) is 29.3. The van der Waals surface area contributed by atoms with Crippen LogP contribution in [0.2, 0.25) is 5.02 Å². The van der Waals surface area contributed by atoms with Crippen LogP contribution < -0.4 is 16.4 Å². The minimum Gasteiger partial charge on any atom is -0.508 e. The molecule has 39 heavy (non-hydrogen) atoms. The lowest BCUT2D eigenvalue weighted by Crippen LogP contribution is -2.52. The van der Waals surface area contributed by atoms with E-state index in [4.69, 9.17) is 22.1 Å². The first kappa shape index (κ1) is 31.4. The number of phenolic OH excluding ortho intramolecular Hbond substituents is 1. The van der Waals surface area contributed by atoms with Gasteiger partial charge in [-0.1, -0.05) is 48.9 Å². The number of para-hydroxylation sites is 2. The van der Waals surface area contributed by atoms with Crippen molar-refractivity contribution in [3.05, 3.63) is 58.6 Å². The first-order valence-electron chi connectivity index (χ1n) is 12.7. The van der Waals surface area contributed by atoms with Crippen LogP contribution in [-0.4, -0.2) is 52.0 Å². The van der Waals surface area contributed by atoms with Gasteiger partial charge in [0.2, 0.25) is 11.8 Å². The average molecular weight is 561 g/mol. The highest BCUT2D eigenvalue weighted by atomic mass is 35.5. The summed E-state index contributed by atoms with van der Waals surface area (Å²) in [5.41, 5.74) is 5.73. The minimum atomic E-state index is -1.30. The number of halogens is 1. The van der Waals surface area contributed by atoms with Gasteiger partial charge in [0, 0.05) is 18.5 Å². The van der Waals surface area contributed by atoms with Crippen molar-refractivity contribution in [3.63, 3.8) is 0 Å². The SMILES string of the molecule is CCCN(C(=O)C(CCC(N)=O)NC(=O)OC(C)(C)C)C(C(=O)Nc1c(C)cccc1Cl)c1ccccc1O. The molecule has 0 saturated heterocycles. The molecule has 2 aromatic rings. The van der Waals surface area contributed by atoms with Gasteiger partial charge in [0.05, 0.1) is 10.7 Å². The molecule has 5 N–H and O–H groups in total. The van der Waals surface area contributed by atoms with Crippen LogP contribution in [0.15, 0.2) is 42.5 Å². The topological polar surface area (TPSA) is 151 Å². The Morgan fingerprint density at radius 1 is 1.10 bits per heavy atom. The third-order valence-corrected chi connectivity index (χ3v) is 5.99. The van der Waals surface area contributed by atoms with Crippen LogP contribution in [0, 0.1) is 6.92 Å². The van der Waals surface area contributed by atoms with Crippen LogP contribution in [0.4, 0.5) is 10.5 Å². The number of rotatable bonds is 11. The van der Waals surface area contributed by atoms with Crippen LogP contribution >= 0.6 is 11.6 Å². The Labute approximate surface area is 233 Å². The van der Waals surface area contributed by atoms with E-state index in [1.165, 1.54) is 17.0 Å². The molecule has 0 fully saturated rings. The van der Waals surface area contributed by atoms with E-state index in [0.717, 1.165) is 0 Å². The summed E-state index contributed by atoms with van der Waals surface area (Å²) in [5.74, 6) is -2.13. The van der Waals surface area contributed by atoms with Crippen molar-refractivity contribution in [2.24, 2.45) is 5.73 Å². The minimum absolute atomic E-state index is 0.0931. The lowest BCUT2D eigenvalue weighted by molar-refractivity contribution is -0.141. The van der Waals surface area contributed by atoms with Crippen molar-refractivity contribution >= 4 is 41.1 Å². The largest absolute Gasteiger partial charge is 0.508 e. The van der Waals surface area contributed by atoms with Gasteiger partial charge in [-0.05, 0) is 58.2 Å². The van der Waals surface area contributed by atoms with E-state index in [2.05, 4.69) is 10.6 Å². The predicted molar refractivity (Wildman–Crippen MR) is 149 cm³/mol. The number of nitrogens with zero attached hydrogens (tertiary/aromatic N) is 1. The number of hydrogen-bond donors (Lipinski definition) is 4. The molecule has 0 radical (unpaired) electrons. The normalized spacial score (nSPS) is 12.7. The predicted octanol–water partition coefficient (Wildman–Crippen LogP) is 4.43. The number of anilines is 1. The zero-order valence-corrected chi connectivity index (χ0v) is 23.7. The molecular weight excluding hydrogens is 524 g/mol. The molecule has 2 aromatic carbocycles. The lowest BCUT2D eigenvalue weighted by Gasteiger charge is -2.34. The third kappa shape index (κ3) is 9.17. The molecule has 0 saturated carbocycles. The molecule has 2 rings (SSSR count). The summed E-state index contributed by atoms with van der Waals surface area (Å²) in [6.07, 6.45) is -0.731. The van der Waals surface area contributed by atoms with Crippen molar-refractivity contribution in [2.75, 3.05) is 11.9 Å². The van der Waals surface area contributed by atoms with Gasteiger partial charge in [0.1, 0.15) is 23.4 Å². The number of nitrogens with two attached hydrogens (primary N) is 1. The molecule has 0 aliphatic rings. The Balaban J connectivity index is 2.56. The van der Waals surface area contributed by atoms with Gasteiger partial charge in [-0.3, -0.25) is 14.4 Å². The van der Waals surface area contributed by atoms with Crippen molar-refractivity contribution in [3.8, 4) is 5.75 Å². The maximum atomic E-state index is 14.0. The quantitative estimate of drug-likeness (QED) is 0.319. The number of phenols is 1. The summed E-state index contributed by atoms with van der Waals surface area (Å²) in [5, 5.41) is 16.3. The maximum Gasteiger partial charge on any atom is 0.408 e. The fourth-order valence-corrected chi connectivity index (χ4v) is 4.22. The van der Waals surface area contributed by atoms with Gasteiger partial charge >= 0.3 is 6.09 Å². The number of amides is 4. The monoisotopic (exact) mass is 560 g/mol. The molecule has 0 aliphatic heterocycles. The van der Waals surface area contributed by atoms with E-state index < -0.39 is 41.5 Å². The highest BCUT2D eigenvalue weighted by Crippen LogP contribution is 2.33. The summed E-state index contributed by atoms with van der Waals surface area (Å²) in [7, 11) is 0. The highest BCUT2D eigenvalue weighted by molar-refractivity contribution is 6.34. The smallest absolute Gasteiger partial charge is 0.408 e. The summed E-state index contributed by atoms with van der Waals surface area (Å²) >= 11 is 6.34. The van der Waals surface area contributed by atoms with Crippen molar-refractivity contribution in [2.45, 2.75) is 71.6 Å². The molecule has 0 aromatic heterocycles. The van der Waals surface area contributed by atoms with Crippen molar-refractivity contribution in [1.82, 2.24) is 10.2 Å².